The third-order valence-electron chi connectivity index (χ3n) is 5.34. The first-order valence-electron chi connectivity index (χ1n) is 10.5. The summed E-state index contributed by atoms with van der Waals surface area (Å²) in [6.07, 6.45) is 0. The number of aromatic nitrogens is 3. The van der Waals surface area contributed by atoms with Gasteiger partial charge in [-0.2, -0.15) is 0 Å². The van der Waals surface area contributed by atoms with Crippen molar-refractivity contribution in [1.82, 2.24) is 24.8 Å². The number of hydrogen-bond acceptors (Lipinski definition) is 6. The lowest BCUT2D eigenvalue weighted by Gasteiger charge is -2.22. The van der Waals surface area contributed by atoms with Crippen LogP contribution in [0.5, 0.6) is 0 Å². The normalized spacial score (nSPS) is 15.4. The van der Waals surface area contributed by atoms with Crippen LogP contribution in [0, 0.1) is 0 Å². The first-order valence-corrected chi connectivity index (χ1v) is 10.5. The Kier molecular flexibility index (Phi) is 6.79. The fraction of sp³-hybridized carbons (Fsp3) is 0.375. The summed E-state index contributed by atoms with van der Waals surface area (Å²) < 4.78 is 5.34. The Labute approximate surface area is 178 Å². The van der Waals surface area contributed by atoms with Crippen LogP contribution in [0.3, 0.4) is 0 Å². The second-order valence-electron chi connectivity index (χ2n) is 7.66. The van der Waals surface area contributed by atoms with Crippen LogP contribution in [0.25, 0.3) is 11.4 Å². The summed E-state index contributed by atoms with van der Waals surface area (Å²) in [4.78, 5) is 19.4. The second-order valence-corrected chi connectivity index (χ2v) is 7.66. The highest BCUT2D eigenvalue weighted by molar-refractivity contribution is 5.54. The molecule has 0 fully saturated rings. The highest BCUT2D eigenvalue weighted by Crippen LogP contribution is 2.18. The van der Waals surface area contributed by atoms with Crippen LogP contribution in [-0.2, 0) is 30.9 Å². The molecule has 1 aliphatic heterocycles. The Morgan fingerprint density at radius 1 is 0.700 bits per heavy atom. The molecule has 0 amide bonds. The summed E-state index contributed by atoms with van der Waals surface area (Å²) in [7, 11) is 1.74. The molecule has 3 aromatic rings. The molecule has 6 nitrogen and oxygen atoms in total. The van der Waals surface area contributed by atoms with E-state index in [1.54, 1.807) is 7.11 Å². The summed E-state index contributed by atoms with van der Waals surface area (Å²) >= 11 is 0. The summed E-state index contributed by atoms with van der Waals surface area (Å²) in [5, 5.41) is 0. The van der Waals surface area contributed by atoms with Gasteiger partial charge in [0.15, 0.2) is 0 Å². The van der Waals surface area contributed by atoms with Crippen molar-refractivity contribution in [2.24, 2.45) is 0 Å². The van der Waals surface area contributed by atoms with Crippen LogP contribution >= 0.6 is 0 Å². The van der Waals surface area contributed by atoms with E-state index in [4.69, 9.17) is 19.7 Å². The minimum Gasteiger partial charge on any atom is -0.383 e. The Morgan fingerprint density at radius 3 is 1.67 bits per heavy atom. The zero-order valence-corrected chi connectivity index (χ0v) is 17.8. The van der Waals surface area contributed by atoms with E-state index in [2.05, 4.69) is 59.2 Å². The van der Waals surface area contributed by atoms with Crippen LogP contribution < -0.4 is 0 Å². The maximum absolute atomic E-state index is 5.34. The van der Waals surface area contributed by atoms with Gasteiger partial charge in [-0.05, 0) is 42.9 Å². The third-order valence-corrected chi connectivity index (χ3v) is 5.34. The lowest BCUT2D eigenvalue weighted by molar-refractivity contribution is 0.138. The van der Waals surface area contributed by atoms with Crippen LogP contribution in [0.1, 0.15) is 29.7 Å². The molecule has 30 heavy (non-hydrogen) atoms. The van der Waals surface area contributed by atoms with Gasteiger partial charge in [-0.15, -0.1) is 0 Å². The predicted molar refractivity (Wildman–Crippen MR) is 117 cm³/mol. The lowest BCUT2D eigenvalue weighted by Crippen LogP contribution is -2.28. The standard InChI is InChI=1S/C24H29N5O/c1-3-28-15-19-7-4-8-20(25-19)17-29(13-14-30-2)18-22-10-6-12-24(27-22)23-11-5-9-21(16-28)26-23/h4-12H,3,13-18H2,1-2H3. The van der Waals surface area contributed by atoms with Crippen LogP contribution in [0.15, 0.2) is 54.6 Å². The minimum absolute atomic E-state index is 0.673. The van der Waals surface area contributed by atoms with Gasteiger partial charge in [0, 0.05) is 39.8 Å². The molecule has 0 atom stereocenters. The highest BCUT2D eigenvalue weighted by atomic mass is 16.5. The highest BCUT2D eigenvalue weighted by Gasteiger charge is 2.14. The van der Waals surface area contributed by atoms with E-state index in [1.165, 1.54) is 0 Å². The summed E-state index contributed by atoms with van der Waals surface area (Å²) in [6.45, 7) is 7.71. The van der Waals surface area contributed by atoms with E-state index >= 15 is 0 Å². The molecule has 6 bridgehead atoms. The van der Waals surface area contributed by atoms with E-state index in [0.29, 0.717) is 6.61 Å². The molecule has 0 saturated heterocycles. The zero-order valence-electron chi connectivity index (χ0n) is 17.8. The first kappa shape index (κ1) is 20.6. The quantitative estimate of drug-likeness (QED) is 0.664. The summed E-state index contributed by atoms with van der Waals surface area (Å²) in [6, 6.07) is 18.7. The molecule has 1 aliphatic rings. The maximum atomic E-state index is 5.34. The van der Waals surface area contributed by atoms with Crippen molar-refractivity contribution in [3.8, 4) is 11.4 Å². The van der Waals surface area contributed by atoms with Gasteiger partial charge in [0.1, 0.15) is 0 Å². The van der Waals surface area contributed by atoms with E-state index in [9.17, 15) is 0 Å². The monoisotopic (exact) mass is 403 g/mol. The van der Waals surface area contributed by atoms with Gasteiger partial charge in [0.05, 0.1) is 40.8 Å². The molecule has 4 rings (SSSR count). The molecule has 0 spiro atoms. The van der Waals surface area contributed by atoms with Gasteiger partial charge < -0.3 is 4.74 Å². The Morgan fingerprint density at radius 2 is 1.17 bits per heavy atom. The van der Waals surface area contributed by atoms with Crippen LogP contribution in [0.4, 0.5) is 0 Å². The SMILES string of the molecule is CCN1Cc2cccc(n2)CN(CCOC)Cc2cccc(n2)-c2cccc(n2)C1. The Hall–Kier alpha value is -2.67. The van der Waals surface area contributed by atoms with E-state index in [0.717, 1.165) is 73.4 Å². The fourth-order valence-corrected chi connectivity index (χ4v) is 3.76. The molecule has 0 unspecified atom stereocenters. The van der Waals surface area contributed by atoms with Crippen molar-refractivity contribution in [3.63, 3.8) is 0 Å². The topological polar surface area (TPSA) is 54.4 Å². The molecule has 0 N–H and O–H groups in total. The van der Waals surface area contributed by atoms with Gasteiger partial charge in [0.2, 0.25) is 0 Å². The van der Waals surface area contributed by atoms with Gasteiger partial charge in [0.25, 0.3) is 0 Å². The van der Waals surface area contributed by atoms with Crippen LogP contribution in [0.2, 0.25) is 0 Å². The van der Waals surface area contributed by atoms with Crippen molar-refractivity contribution in [3.05, 3.63) is 77.4 Å². The van der Waals surface area contributed by atoms with E-state index < -0.39 is 0 Å². The fourth-order valence-electron chi connectivity index (χ4n) is 3.76. The minimum atomic E-state index is 0.673. The zero-order chi connectivity index (χ0) is 20.8. The second kappa shape index (κ2) is 9.89. The number of fused-ring (bicyclic) bond motifs is 7. The van der Waals surface area contributed by atoms with Crippen molar-refractivity contribution in [2.45, 2.75) is 33.1 Å². The molecule has 0 aliphatic carbocycles. The van der Waals surface area contributed by atoms with E-state index in [-0.39, 0.29) is 0 Å². The van der Waals surface area contributed by atoms with Crippen molar-refractivity contribution in [1.29, 1.82) is 0 Å². The van der Waals surface area contributed by atoms with Gasteiger partial charge >= 0.3 is 0 Å². The molecule has 0 aromatic carbocycles. The van der Waals surface area contributed by atoms with Crippen molar-refractivity contribution < 1.29 is 4.74 Å². The third kappa shape index (κ3) is 5.27. The number of nitrogens with zero attached hydrogens (tertiary/aromatic N) is 5. The van der Waals surface area contributed by atoms with Crippen molar-refractivity contribution in [2.75, 3.05) is 26.8 Å². The first-order chi connectivity index (χ1) is 14.7. The Balaban J connectivity index is 1.74. The molecule has 156 valence electrons. The molecule has 0 saturated carbocycles. The Bertz CT molecular complexity index is 977. The number of methoxy groups -OCH3 is 1. The molecule has 0 radical (unpaired) electrons. The number of hydrogen-bond donors (Lipinski definition) is 0. The van der Waals surface area contributed by atoms with Gasteiger partial charge in [-0.1, -0.05) is 25.1 Å². The lowest BCUT2D eigenvalue weighted by atomic mass is 10.2. The van der Waals surface area contributed by atoms with Gasteiger partial charge in [-0.25, -0.2) is 9.97 Å². The largest absolute Gasteiger partial charge is 0.383 e. The summed E-state index contributed by atoms with van der Waals surface area (Å²) in [5.74, 6) is 0. The van der Waals surface area contributed by atoms with E-state index in [1.807, 2.05) is 12.1 Å². The molecule has 3 aromatic heterocycles. The van der Waals surface area contributed by atoms with Crippen LogP contribution in [-0.4, -0.2) is 51.6 Å². The maximum Gasteiger partial charge on any atom is 0.0890 e. The molecule has 6 heteroatoms. The molecule has 4 heterocycles. The van der Waals surface area contributed by atoms with Crippen molar-refractivity contribution >= 4 is 0 Å². The number of ether oxygens (including phenoxy) is 1. The van der Waals surface area contributed by atoms with Gasteiger partial charge in [-0.3, -0.25) is 14.8 Å². The molecular formula is C24H29N5O. The molecular weight excluding hydrogens is 374 g/mol. The average Bonchev–Trinajstić information content (AvgIpc) is 2.77. The summed E-state index contributed by atoms with van der Waals surface area (Å²) in [5.41, 5.74) is 6.07. The average molecular weight is 404 g/mol. The number of rotatable bonds is 4. The smallest absolute Gasteiger partial charge is 0.0890 e. The predicted octanol–water partition coefficient (Wildman–Crippen LogP) is 3.52. The number of pyridine rings is 3.